The highest BCUT2D eigenvalue weighted by atomic mass is 32.2. The predicted molar refractivity (Wildman–Crippen MR) is 42.3 cm³/mol. The van der Waals surface area contributed by atoms with Gasteiger partial charge in [0.2, 0.25) is 0 Å². The fraction of sp³-hybridized carbons (Fsp3) is 1.00. The molecule has 0 aromatic carbocycles. The van der Waals surface area contributed by atoms with Crippen LogP contribution in [0.15, 0.2) is 0 Å². The van der Waals surface area contributed by atoms with Gasteiger partial charge >= 0.3 is 0 Å². The van der Waals surface area contributed by atoms with E-state index in [1.165, 1.54) is 0 Å². The van der Waals surface area contributed by atoms with Crippen molar-refractivity contribution in [2.24, 2.45) is 11.1 Å². The van der Waals surface area contributed by atoms with E-state index in [1.54, 1.807) is 0 Å². The largest absolute Gasteiger partial charge is 0.750 e. The van der Waals surface area contributed by atoms with E-state index in [9.17, 15) is 8.76 Å². The van der Waals surface area contributed by atoms with E-state index in [2.05, 4.69) is 4.18 Å². The van der Waals surface area contributed by atoms with Crippen LogP contribution in [0.1, 0.15) is 20.8 Å². The molecule has 68 valence electrons. The molecule has 2 atom stereocenters. The van der Waals surface area contributed by atoms with Crippen LogP contribution in [0.5, 0.6) is 0 Å². The summed E-state index contributed by atoms with van der Waals surface area (Å²) < 4.78 is 24.2. The molecule has 0 aliphatic heterocycles. The van der Waals surface area contributed by atoms with Crippen molar-refractivity contribution in [2.75, 3.05) is 6.61 Å². The summed E-state index contributed by atoms with van der Waals surface area (Å²) in [5.41, 5.74) is 5.48. The lowest BCUT2D eigenvalue weighted by Gasteiger charge is -2.26. The molecule has 0 aliphatic rings. The SMILES string of the molecule is CC(C)(C)C(N)COS(=O)[O-]. The second-order valence-corrected chi connectivity index (χ2v) is 4.11. The highest BCUT2D eigenvalue weighted by Gasteiger charge is 2.20. The van der Waals surface area contributed by atoms with E-state index < -0.39 is 11.4 Å². The van der Waals surface area contributed by atoms with E-state index in [0.29, 0.717) is 0 Å². The Hall–Kier alpha value is 0.0300. The molecule has 0 fully saturated rings. The minimum absolute atomic E-state index is 0.0413. The van der Waals surface area contributed by atoms with Crippen molar-refractivity contribution < 1.29 is 12.9 Å². The van der Waals surface area contributed by atoms with Crippen molar-refractivity contribution in [1.82, 2.24) is 0 Å². The van der Waals surface area contributed by atoms with Gasteiger partial charge in [-0.1, -0.05) is 20.8 Å². The lowest BCUT2D eigenvalue weighted by atomic mass is 9.88. The zero-order chi connectivity index (χ0) is 9.07. The molecule has 0 saturated heterocycles. The van der Waals surface area contributed by atoms with Crippen LogP contribution in [-0.4, -0.2) is 21.4 Å². The molecule has 0 aromatic rings. The standard InChI is InChI=1S/C6H15NO3S/c1-6(2,3)5(7)4-10-11(8)9/h5H,4,7H2,1-3H3,(H,8,9)/p-1. The van der Waals surface area contributed by atoms with Crippen LogP contribution in [0.2, 0.25) is 0 Å². The smallest absolute Gasteiger partial charge is 0.0842 e. The molecule has 0 heterocycles. The summed E-state index contributed by atoms with van der Waals surface area (Å²) in [6.07, 6.45) is 0. The summed E-state index contributed by atoms with van der Waals surface area (Å²) in [6.45, 7) is 5.82. The number of hydrogen-bond acceptors (Lipinski definition) is 4. The second kappa shape index (κ2) is 4.15. The van der Waals surface area contributed by atoms with Crippen molar-refractivity contribution in [3.8, 4) is 0 Å². The molecule has 0 amide bonds. The second-order valence-electron chi connectivity index (χ2n) is 3.46. The first kappa shape index (κ1) is 11.0. The Morgan fingerprint density at radius 1 is 1.64 bits per heavy atom. The maximum atomic E-state index is 9.95. The fourth-order valence-electron chi connectivity index (χ4n) is 0.379. The molecule has 0 bridgehead atoms. The molecule has 11 heavy (non-hydrogen) atoms. The highest BCUT2D eigenvalue weighted by molar-refractivity contribution is 7.74. The number of hydrogen-bond donors (Lipinski definition) is 1. The zero-order valence-corrected chi connectivity index (χ0v) is 7.81. The Morgan fingerprint density at radius 2 is 2.09 bits per heavy atom. The van der Waals surface area contributed by atoms with Gasteiger partial charge in [0, 0.05) is 6.04 Å². The summed E-state index contributed by atoms with van der Waals surface area (Å²) in [6, 6.07) is -0.264. The third kappa shape index (κ3) is 5.32. The van der Waals surface area contributed by atoms with Crippen LogP contribution in [0.25, 0.3) is 0 Å². The maximum Gasteiger partial charge on any atom is 0.0842 e. The molecule has 5 heteroatoms. The minimum Gasteiger partial charge on any atom is -0.750 e. The number of nitrogens with two attached hydrogens (primary N) is 1. The van der Waals surface area contributed by atoms with E-state index in [4.69, 9.17) is 5.73 Å². The lowest BCUT2D eigenvalue weighted by Crippen LogP contribution is -2.39. The molecule has 4 nitrogen and oxygen atoms in total. The Morgan fingerprint density at radius 3 is 2.36 bits per heavy atom. The van der Waals surface area contributed by atoms with Gasteiger partial charge in [0.25, 0.3) is 0 Å². The van der Waals surface area contributed by atoms with Crippen LogP contribution in [0, 0.1) is 5.41 Å². The van der Waals surface area contributed by atoms with Crippen molar-refractivity contribution in [1.29, 1.82) is 0 Å². The number of rotatable bonds is 3. The Bertz CT molecular complexity index is 143. The van der Waals surface area contributed by atoms with Crippen LogP contribution >= 0.6 is 0 Å². The van der Waals surface area contributed by atoms with Gasteiger partial charge in [0.05, 0.1) is 18.0 Å². The van der Waals surface area contributed by atoms with Gasteiger partial charge in [-0.25, -0.2) is 4.21 Å². The van der Waals surface area contributed by atoms with Gasteiger partial charge < -0.3 is 10.3 Å². The molecule has 0 aliphatic carbocycles. The lowest BCUT2D eigenvalue weighted by molar-refractivity contribution is 0.205. The maximum absolute atomic E-state index is 9.95. The molecule has 0 radical (unpaired) electrons. The van der Waals surface area contributed by atoms with Gasteiger partial charge in [0.15, 0.2) is 0 Å². The first-order valence-electron chi connectivity index (χ1n) is 3.32. The van der Waals surface area contributed by atoms with Crippen molar-refractivity contribution >= 4 is 11.4 Å². The van der Waals surface area contributed by atoms with Crippen LogP contribution < -0.4 is 5.73 Å². The van der Waals surface area contributed by atoms with Gasteiger partial charge in [-0.2, -0.15) is 0 Å². The third-order valence-electron chi connectivity index (χ3n) is 1.46. The molecule has 0 aromatic heterocycles. The molecule has 0 spiro atoms. The quantitative estimate of drug-likeness (QED) is 0.628. The van der Waals surface area contributed by atoms with Crippen molar-refractivity contribution in [2.45, 2.75) is 26.8 Å². The first-order chi connectivity index (χ1) is 4.84. The molecule has 0 rings (SSSR count). The van der Waals surface area contributed by atoms with Crippen LogP contribution in [-0.2, 0) is 15.5 Å². The van der Waals surface area contributed by atoms with E-state index in [-0.39, 0.29) is 18.1 Å². The molecule has 0 saturated carbocycles. The van der Waals surface area contributed by atoms with E-state index >= 15 is 0 Å². The fourth-order valence-corrected chi connectivity index (χ4v) is 0.637. The third-order valence-corrected chi connectivity index (χ3v) is 1.78. The summed E-state index contributed by atoms with van der Waals surface area (Å²) >= 11 is -2.45. The Kier molecular flexibility index (Phi) is 4.17. The minimum atomic E-state index is -2.45. The van der Waals surface area contributed by atoms with Gasteiger partial charge in [-0.15, -0.1) is 0 Å². The molecular formula is C6H14NO3S-. The van der Waals surface area contributed by atoms with Gasteiger partial charge in [-0.3, -0.25) is 4.18 Å². The molecular weight excluding hydrogens is 166 g/mol. The average molecular weight is 180 g/mol. The van der Waals surface area contributed by atoms with Gasteiger partial charge in [-0.05, 0) is 5.41 Å². The van der Waals surface area contributed by atoms with Crippen molar-refractivity contribution in [3.05, 3.63) is 0 Å². The first-order valence-corrected chi connectivity index (χ1v) is 4.32. The van der Waals surface area contributed by atoms with Crippen LogP contribution in [0.3, 0.4) is 0 Å². The molecule has 2 unspecified atom stereocenters. The Balaban J connectivity index is 3.70. The summed E-state index contributed by atoms with van der Waals surface area (Å²) in [4.78, 5) is 0. The zero-order valence-electron chi connectivity index (χ0n) is 6.99. The summed E-state index contributed by atoms with van der Waals surface area (Å²) in [5.74, 6) is 0. The van der Waals surface area contributed by atoms with E-state index in [0.717, 1.165) is 0 Å². The van der Waals surface area contributed by atoms with Crippen LogP contribution in [0.4, 0.5) is 0 Å². The van der Waals surface area contributed by atoms with E-state index in [1.807, 2.05) is 20.8 Å². The average Bonchev–Trinajstić information content (AvgIpc) is 1.80. The predicted octanol–water partition coefficient (Wildman–Crippen LogP) is 0.171. The highest BCUT2D eigenvalue weighted by Crippen LogP contribution is 2.17. The molecule has 2 N–H and O–H groups in total. The topological polar surface area (TPSA) is 75.4 Å². The monoisotopic (exact) mass is 180 g/mol. The Labute approximate surface area is 69.6 Å². The summed E-state index contributed by atoms with van der Waals surface area (Å²) in [5, 5.41) is 0. The summed E-state index contributed by atoms with van der Waals surface area (Å²) in [7, 11) is 0. The normalized spacial score (nSPS) is 17.9. The van der Waals surface area contributed by atoms with Gasteiger partial charge in [0.1, 0.15) is 0 Å². The van der Waals surface area contributed by atoms with Crippen molar-refractivity contribution in [3.63, 3.8) is 0 Å².